The summed E-state index contributed by atoms with van der Waals surface area (Å²) >= 11 is 0. The number of phosphoric acid groups is 1. The van der Waals surface area contributed by atoms with Crippen molar-refractivity contribution in [2.24, 2.45) is 5.90 Å². The molecule has 0 bridgehead atoms. The first-order chi connectivity index (χ1) is 7.83. The monoisotopic (exact) mass is 264 g/mol. The molecule has 0 saturated carbocycles. The van der Waals surface area contributed by atoms with E-state index in [1.165, 1.54) is 6.07 Å². The van der Waals surface area contributed by atoms with Gasteiger partial charge in [-0.3, -0.25) is 24.7 Å². The van der Waals surface area contributed by atoms with Crippen molar-refractivity contribution in [1.29, 1.82) is 0 Å². The second-order valence-electron chi connectivity index (χ2n) is 2.95. The fourth-order valence-corrected chi connectivity index (χ4v) is 1.51. The molecule has 17 heavy (non-hydrogen) atoms. The molecule has 94 valence electrons. The highest BCUT2D eigenvalue weighted by atomic mass is 31.2. The van der Waals surface area contributed by atoms with Crippen LogP contribution in [0.1, 0.15) is 5.56 Å². The maximum absolute atomic E-state index is 10.7. The Morgan fingerprint density at radius 3 is 2.59 bits per heavy atom. The van der Waals surface area contributed by atoms with Crippen molar-refractivity contribution in [1.82, 2.24) is 0 Å². The number of nitro groups is 1. The van der Waals surface area contributed by atoms with Gasteiger partial charge in [0.1, 0.15) is 0 Å². The summed E-state index contributed by atoms with van der Waals surface area (Å²) in [6, 6.07) is 3.45. The van der Waals surface area contributed by atoms with Gasteiger partial charge in [-0.2, -0.15) is 0 Å². The largest absolute Gasteiger partial charge is 0.525 e. The molecule has 0 amide bonds. The molecule has 0 fully saturated rings. The Balaban J connectivity index is 3.13. The average molecular weight is 264 g/mol. The molecule has 0 spiro atoms. The van der Waals surface area contributed by atoms with Crippen molar-refractivity contribution in [3.05, 3.63) is 33.9 Å². The molecule has 9 nitrogen and oxygen atoms in total. The molecule has 4 N–H and O–H groups in total. The van der Waals surface area contributed by atoms with Crippen LogP contribution >= 0.6 is 7.82 Å². The molecule has 1 aromatic rings. The third-order valence-electron chi connectivity index (χ3n) is 1.69. The Bertz CT molecular complexity index is 471. The summed E-state index contributed by atoms with van der Waals surface area (Å²) in [5.74, 6) is 4.28. The van der Waals surface area contributed by atoms with Crippen molar-refractivity contribution >= 4 is 13.5 Å². The first-order valence-corrected chi connectivity index (χ1v) is 5.70. The maximum Gasteiger partial charge on any atom is 0.525 e. The number of benzene rings is 1. The Hall–Kier alpha value is -1.51. The molecule has 0 aliphatic rings. The minimum absolute atomic E-state index is 0.0724. The lowest BCUT2D eigenvalue weighted by atomic mass is 10.2. The van der Waals surface area contributed by atoms with E-state index in [4.69, 9.17) is 15.7 Å². The normalized spacial score (nSPS) is 11.2. The van der Waals surface area contributed by atoms with Gasteiger partial charge in [0.15, 0.2) is 0 Å². The number of phosphoric ester groups is 1. The van der Waals surface area contributed by atoms with Crippen molar-refractivity contribution in [3.8, 4) is 5.75 Å². The SMILES string of the molecule is NOCc1ccc(OP(=O)(O)O)c([N+](=O)[O-])c1. The molecule has 0 aromatic heterocycles. The number of rotatable bonds is 5. The van der Waals surface area contributed by atoms with Crippen LogP contribution < -0.4 is 10.4 Å². The zero-order valence-electron chi connectivity index (χ0n) is 8.35. The standard InChI is InChI=1S/C7H9N2O7P/c8-15-4-5-1-2-7(16-17(12,13)14)6(3-5)9(10)11/h1-3H,4,8H2,(H2,12,13,14). The molecule has 0 aliphatic carbocycles. The minimum Gasteiger partial charge on any atom is -0.397 e. The highest BCUT2D eigenvalue weighted by molar-refractivity contribution is 7.46. The molecule has 0 aliphatic heterocycles. The molecule has 0 radical (unpaired) electrons. The van der Waals surface area contributed by atoms with E-state index in [1.807, 2.05) is 0 Å². The van der Waals surface area contributed by atoms with E-state index in [2.05, 4.69) is 9.36 Å². The highest BCUT2D eigenvalue weighted by Gasteiger charge is 2.24. The third-order valence-corrected chi connectivity index (χ3v) is 2.12. The fraction of sp³-hybridized carbons (Fsp3) is 0.143. The second-order valence-corrected chi connectivity index (χ2v) is 4.12. The summed E-state index contributed by atoms with van der Waals surface area (Å²) in [6.45, 7) is -0.0724. The van der Waals surface area contributed by atoms with Gasteiger partial charge in [0.05, 0.1) is 11.5 Å². The number of nitrogens with two attached hydrogens (primary N) is 1. The summed E-state index contributed by atoms with van der Waals surface area (Å²) < 4.78 is 14.8. The summed E-state index contributed by atoms with van der Waals surface area (Å²) in [5.41, 5.74) is -0.208. The molecular weight excluding hydrogens is 255 g/mol. The first-order valence-electron chi connectivity index (χ1n) is 4.17. The Kier molecular flexibility index (Phi) is 4.16. The van der Waals surface area contributed by atoms with Gasteiger partial charge in [-0.25, -0.2) is 10.5 Å². The smallest absolute Gasteiger partial charge is 0.397 e. The quantitative estimate of drug-likeness (QED) is 0.395. The molecule has 0 atom stereocenters. The molecule has 1 aromatic carbocycles. The number of nitro benzene ring substituents is 1. The first kappa shape index (κ1) is 13.6. The Labute approximate surface area is 95.1 Å². The van der Waals surface area contributed by atoms with Crippen LogP contribution in [0.2, 0.25) is 0 Å². The Morgan fingerprint density at radius 1 is 1.47 bits per heavy atom. The number of nitrogens with zero attached hydrogens (tertiary/aromatic N) is 1. The van der Waals surface area contributed by atoms with Gasteiger partial charge in [0, 0.05) is 6.07 Å². The van der Waals surface area contributed by atoms with E-state index in [1.54, 1.807) is 0 Å². The van der Waals surface area contributed by atoms with Gasteiger partial charge in [-0.1, -0.05) is 6.07 Å². The number of hydrogen-bond acceptors (Lipinski definition) is 6. The lowest BCUT2D eigenvalue weighted by Gasteiger charge is -2.08. The minimum atomic E-state index is -4.85. The van der Waals surface area contributed by atoms with Gasteiger partial charge in [-0.05, 0) is 11.6 Å². The zero-order valence-corrected chi connectivity index (χ0v) is 9.24. The van der Waals surface area contributed by atoms with E-state index < -0.39 is 24.2 Å². The van der Waals surface area contributed by atoms with Crippen LogP contribution in [0.5, 0.6) is 5.75 Å². The number of hydrogen-bond donors (Lipinski definition) is 3. The molecule has 0 heterocycles. The van der Waals surface area contributed by atoms with Gasteiger partial charge < -0.3 is 4.52 Å². The van der Waals surface area contributed by atoms with Crippen molar-refractivity contribution in [3.63, 3.8) is 0 Å². The second kappa shape index (κ2) is 5.21. The van der Waals surface area contributed by atoms with Crippen LogP contribution in [0.15, 0.2) is 18.2 Å². The Morgan fingerprint density at radius 2 is 2.12 bits per heavy atom. The van der Waals surface area contributed by atoms with Crippen LogP contribution in [-0.4, -0.2) is 14.7 Å². The predicted octanol–water partition coefficient (Wildman–Crippen LogP) is 0.457. The van der Waals surface area contributed by atoms with E-state index in [9.17, 15) is 14.7 Å². The summed E-state index contributed by atoms with van der Waals surface area (Å²) in [5, 5.41) is 10.7. The predicted molar refractivity (Wildman–Crippen MR) is 54.7 cm³/mol. The molecular formula is C7H9N2O7P. The maximum atomic E-state index is 10.7. The van der Waals surface area contributed by atoms with Crippen LogP contribution in [0, 0.1) is 10.1 Å². The van der Waals surface area contributed by atoms with E-state index in [0.717, 1.165) is 12.1 Å². The topological polar surface area (TPSA) is 145 Å². The third kappa shape index (κ3) is 4.10. The highest BCUT2D eigenvalue weighted by Crippen LogP contribution is 2.41. The van der Waals surface area contributed by atoms with E-state index in [0.29, 0.717) is 5.56 Å². The van der Waals surface area contributed by atoms with Crippen molar-refractivity contribution < 1.29 is 28.6 Å². The molecule has 1 rings (SSSR count). The van der Waals surface area contributed by atoms with E-state index >= 15 is 0 Å². The molecule has 0 unspecified atom stereocenters. The van der Waals surface area contributed by atoms with Crippen LogP contribution in [0.25, 0.3) is 0 Å². The summed E-state index contributed by atoms with van der Waals surface area (Å²) in [6.07, 6.45) is 0. The van der Waals surface area contributed by atoms with Gasteiger partial charge in [0.2, 0.25) is 5.75 Å². The van der Waals surface area contributed by atoms with Crippen molar-refractivity contribution in [2.75, 3.05) is 0 Å². The zero-order chi connectivity index (χ0) is 13.1. The van der Waals surface area contributed by atoms with E-state index in [-0.39, 0.29) is 6.61 Å². The lowest BCUT2D eigenvalue weighted by Crippen LogP contribution is -2.01. The average Bonchev–Trinajstić information content (AvgIpc) is 2.18. The molecule has 10 heteroatoms. The van der Waals surface area contributed by atoms with Crippen molar-refractivity contribution in [2.45, 2.75) is 6.61 Å². The lowest BCUT2D eigenvalue weighted by molar-refractivity contribution is -0.385. The van der Waals surface area contributed by atoms with Gasteiger partial charge in [-0.15, -0.1) is 0 Å². The summed E-state index contributed by atoms with van der Waals surface area (Å²) in [7, 11) is -4.85. The van der Waals surface area contributed by atoms with Crippen LogP contribution in [0.3, 0.4) is 0 Å². The molecule has 0 saturated heterocycles. The summed E-state index contributed by atoms with van der Waals surface area (Å²) in [4.78, 5) is 31.3. The van der Waals surface area contributed by atoms with Crippen LogP contribution in [0.4, 0.5) is 5.69 Å². The van der Waals surface area contributed by atoms with Gasteiger partial charge in [0.25, 0.3) is 0 Å². The van der Waals surface area contributed by atoms with Gasteiger partial charge >= 0.3 is 13.5 Å². The fourth-order valence-electron chi connectivity index (χ4n) is 1.10. The van der Waals surface area contributed by atoms with Crippen LogP contribution in [-0.2, 0) is 16.0 Å².